The monoisotopic (exact) mass is 186 g/mol. The van der Waals surface area contributed by atoms with Crippen molar-refractivity contribution in [3.8, 4) is 5.75 Å². The summed E-state index contributed by atoms with van der Waals surface area (Å²) in [5, 5.41) is 0. The van der Waals surface area contributed by atoms with Gasteiger partial charge in [-0.2, -0.15) is 0 Å². The lowest BCUT2D eigenvalue weighted by Gasteiger charge is -2.17. The fourth-order valence-corrected chi connectivity index (χ4v) is 1.50. The van der Waals surface area contributed by atoms with Crippen LogP contribution in [0.15, 0.2) is 48.6 Å². The fraction of sp³-hybridized carbons (Fsp3) is 0.231. The van der Waals surface area contributed by atoms with Crippen molar-refractivity contribution in [1.29, 1.82) is 0 Å². The molecule has 72 valence electrons. The average Bonchev–Trinajstić information content (AvgIpc) is 2.23. The summed E-state index contributed by atoms with van der Waals surface area (Å²) in [5.74, 6) is 0.984. The van der Waals surface area contributed by atoms with Crippen LogP contribution in [0, 0.1) is 6.92 Å². The summed E-state index contributed by atoms with van der Waals surface area (Å²) in [4.78, 5) is 0. The lowest BCUT2D eigenvalue weighted by molar-refractivity contribution is 0.250. The Kier molecular flexibility index (Phi) is 2.68. The Morgan fingerprint density at radius 2 is 2.07 bits per heavy atom. The van der Waals surface area contributed by atoms with Crippen molar-refractivity contribution in [3.05, 3.63) is 54.1 Å². The zero-order chi connectivity index (χ0) is 9.80. The highest BCUT2D eigenvalue weighted by Gasteiger charge is 2.07. The third kappa shape index (κ3) is 2.05. The van der Waals surface area contributed by atoms with Gasteiger partial charge in [-0.15, -0.1) is 0 Å². The lowest BCUT2D eigenvalue weighted by atomic mass is 10.1. The van der Waals surface area contributed by atoms with Gasteiger partial charge in [-0.1, -0.05) is 36.4 Å². The van der Waals surface area contributed by atoms with E-state index in [-0.39, 0.29) is 6.10 Å². The van der Waals surface area contributed by atoms with Gasteiger partial charge >= 0.3 is 0 Å². The Balaban J connectivity index is 2.07. The largest absolute Gasteiger partial charge is 0.486 e. The van der Waals surface area contributed by atoms with Crippen molar-refractivity contribution in [2.45, 2.75) is 19.4 Å². The topological polar surface area (TPSA) is 9.23 Å². The maximum absolute atomic E-state index is 5.85. The zero-order valence-corrected chi connectivity index (χ0v) is 8.31. The SMILES string of the molecule is Cc1ccccc1OC1C=CC=CC1. The van der Waals surface area contributed by atoms with Gasteiger partial charge in [0, 0.05) is 6.42 Å². The summed E-state index contributed by atoms with van der Waals surface area (Å²) in [6.45, 7) is 2.07. The lowest BCUT2D eigenvalue weighted by Crippen LogP contribution is -2.14. The number of benzene rings is 1. The van der Waals surface area contributed by atoms with Gasteiger partial charge in [0.2, 0.25) is 0 Å². The van der Waals surface area contributed by atoms with Crippen molar-refractivity contribution in [1.82, 2.24) is 0 Å². The fourth-order valence-electron chi connectivity index (χ4n) is 1.50. The van der Waals surface area contributed by atoms with Crippen LogP contribution < -0.4 is 4.74 Å². The molecule has 0 saturated heterocycles. The van der Waals surface area contributed by atoms with E-state index in [4.69, 9.17) is 4.74 Å². The molecular weight excluding hydrogens is 172 g/mol. The Morgan fingerprint density at radius 3 is 2.79 bits per heavy atom. The Bertz CT molecular complexity index is 363. The minimum absolute atomic E-state index is 0.195. The molecule has 0 fully saturated rings. The molecule has 1 aromatic rings. The van der Waals surface area contributed by atoms with E-state index in [1.807, 2.05) is 24.3 Å². The van der Waals surface area contributed by atoms with Crippen LogP contribution in [0.3, 0.4) is 0 Å². The summed E-state index contributed by atoms with van der Waals surface area (Å²) >= 11 is 0. The standard InChI is InChI=1S/C13H14O/c1-11-7-5-6-10-13(11)14-12-8-3-2-4-9-12/h2-8,10,12H,9H2,1H3. The molecule has 0 N–H and O–H groups in total. The average molecular weight is 186 g/mol. The van der Waals surface area contributed by atoms with Gasteiger partial charge in [0.25, 0.3) is 0 Å². The first-order valence-electron chi connectivity index (χ1n) is 4.92. The Labute approximate surface area is 84.7 Å². The molecule has 0 saturated carbocycles. The van der Waals surface area contributed by atoms with Gasteiger partial charge in [-0.3, -0.25) is 0 Å². The summed E-state index contributed by atoms with van der Waals surface area (Å²) in [6.07, 6.45) is 9.46. The Morgan fingerprint density at radius 1 is 1.21 bits per heavy atom. The van der Waals surface area contributed by atoms with E-state index in [1.54, 1.807) is 0 Å². The summed E-state index contributed by atoms with van der Waals surface area (Å²) in [7, 11) is 0. The summed E-state index contributed by atoms with van der Waals surface area (Å²) < 4.78 is 5.85. The van der Waals surface area contributed by atoms with Crippen LogP contribution in [-0.4, -0.2) is 6.10 Å². The number of para-hydroxylation sites is 1. The van der Waals surface area contributed by atoms with Crippen LogP contribution in [0.25, 0.3) is 0 Å². The second-order valence-corrected chi connectivity index (χ2v) is 3.47. The molecule has 0 heterocycles. The molecule has 2 rings (SSSR count). The quantitative estimate of drug-likeness (QED) is 0.688. The van der Waals surface area contributed by atoms with Gasteiger partial charge in [0.1, 0.15) is 11.9 Å². The first-order valence-corrected chi connectivity index (χ1v) is 4.92. The smallest absolute Gasteiger partial charge is 0.123 e. The third-order valence-electron chi connectivity index (χ3n) is 2.31. The van der Waals surface area contributed by atoms with Crippen LogP contribution in [0.2, 0.25) is 0 Å². The van der Waals surface area contributed by atoms with Crippen molar-refractivity contribution in [2.75, 3.05) is 0 Å². The van der Waals surface area contributed by atoms with Crippen LogP contribution in [0.1, 0.15) is 12.0 Å². The van der Waals surface area contributed by atoms with E-state index < -0.39 is 0 Å². The maximum Gasteiger partial charge on any atom is 0.123 e. The number of aryl methyl sites for hydroxylation is 1. The highest BCUT2D eigenvalue weighted by atomic mass is 16.5. The van der Waals surface area contributed by atoms with Gasteiger partial charge in [-0.25, -0.2) is 0 Å². The first kappa shape index (κ1) is 9.07. The highest BCUT2D eigenvalue weighted by molar-refractivity contribution is 5.32. The molecule has 0 aliphatic heterocycles. The highest BCUT2D eigenvalue weighted by Crippen LogP contribution is 2.20. The van der Waals surface area contributed by atoms with E-state index in [0.29, 0.717) is 0 Å². The molecule has 14 heavy (non-hydrogen) atoms. The predicted molar refractivity (Wildman–Crippen MR) is 58.5 cm³/mol. The predicted octanol–water partition coefficient (Wildman–Crippen LogP) is 3.26. The van der Waals surface area contributed by atoms with E-state index in [0.717, 1.165) is 12.2 Å². The molecule has 1 atom stereocenters. The van der Waals surface area contributed by atoms with Crippen molar-refractivity contribution in [3.63, 3.8) is 0 Å². The number of allylic oxidation sites excluding steroid dienone is 2. The molecule has 1 aliphatic rings. The number of hydrogen-bond donors (Lipinski definition) is 0. The molecule has 0 aromatic heterocycles. The number of rotatable bonds is 2. The molecule has 0 radical (unpaired) electrons. The summed E-state index contributed by atoms with van der Waals surface area (Å²) in [5.41, 5.74) is 1.19. The summed E-state index contributed by atoms with van der Waals surface area (Å²) in [6, 6.07) is 8.11. The normalized spacial score (nSPS) is 19.6. The molecule has 1 heteroatoms. The first-order chi connectivity index (χ1) is 6.86. The van der Waals surface area contributed by atoms with Gasteiger partial charge < -0.3 is 4.74 Å². The molecule has 1 aliphatic carbocycles. The van der Waals surface area contributed by atoms with Crippen LogP contribution >= 0.6 is 0 Å². The van der Waals surface area contributed by atoms with Gasteiger partial charge in [0.05, 0.1) is 0 Å². The van der Waals surface area contributed by atoms with Crippen molar-refractivity contribution >= 4 is 0 Å². The minimum atomic E-state index is 0.195. The van der Waals surface area contributed by atoms with Crippen LogP contribution in [0.4, 0.5) is 0 Å². The molecule has 1 unspecified atom stereocenters. The second-order valence-electron chi connectivity index (χ2n) is 3.47. The third-order valence-corrected chi connectivity index (χ3v) is 2.31. The molecular formula is C13H14O. The van der Waals surface area contributed by atoms with E-state index >= 15 is 0 Å². The Hall–Kier alpha value is -1.50. The molecule has 0 amide bonds. The minimum Gasteiger partial charge on any atom is -0.486 e. The molecule has 1 aromatic carbocycles. The van der Waals surface area contributed by atoms with Crippen LogP contribution in [-0.2, 0) is 0 Å². The molecule has 1 nitrogen and oxygen atoms in total. The number of ether oxygens (including phenoxy) is 1. The molecule has 0 bridgehead atoms. The number of hydrogen-bond acceptors (Lipinski definition) is 1. The van der Waals surface area contributed by atoms with E-state index in [9.17, 15) is 0 Å². The van der Waals surface area contributed by atoms with Crippen LogP contribution in [0.5, 0.6) is 5.75 Å². The molecule has 0 spiro atoms. The zero-order valence-electron chi connectivity index (χ0n) is 8.31. The van der Waals surface area contributed by atoms with Crippen molar-refractivity contribution in [2.24, 2.45) is 0 Å². The van der Waals surface area contributed by atoms with Crippen molar-refractivity contribution < 1.29 is 4.74 Å². The second kappa shape index (κ2) is 4.14. The van der Waals surface area contributed by atoms with Gasteiger partial charge in [0.15, 0.2) is 0 Å². The maximum atomic E-state index is 5.85. The van der Waals surface area contributed by atoms with Gasteiger partial charge in [-0.05, 0) is 24.6 Å². The van der Waals surface area contributed by atoms with E-state index in [1.165, 1.54) is 5.56 Å². The van der Waals surface area contributed by atoms with E-state index in [2.05, 4.69) is 31.2 Å².